The monoisotopic (exact) mass is 666 g/mol. The molecule has 2 atom stereocenters. The van der Waals surface area contributed by atoms with Crippen molar-refractivity contribution in [2.75, 3.05) is 34.5 Å². The first-order valence-corrected chi connectivity index (χ1v) is 17.5. The molecule has 4 aromatic rings. The number of nitrogen functional groups attached to an aromatic ring is 1. The van der Waals surface area contributed by atoms with E-state index in [1.807, 2.05) is 49.4 Å². The van der Waals surface area contributed by atoms with Crippen molar-refractivity contribution in [1.29, 1.82) is 0 Å². The van der Waals surface area contributed by atoms with Crippen LogP contribution in [-0.2, 0) is 32.9 Å². The second kappa shape index (κ2) is 14.3. The maximum absolute atomic E-state index is 12.9. The second-order valence-electron chi connectivity index (χ2n) is 11.3. The minimum absolute atomic E-state index is 0.0620. The molecular weight excluding hydrogens is 629 g/mol. The highest BCUT2D eigenvalue weighted by Gasteiger charge is 2.33. The molecule has 2 aliphatic heterocycles. The number of nitrogens with zero attached hydrogens (tertiary/aromatic N) is 3. The van der Waals surface area contributed by atoms with Gasteiger partial charge in [-0.3, -0.25) is 18.7 Å². The van der Waals surface area contributed by atoms with E-state index in [1.165, 1.54) is 32.9 Å². The summed E-state index contributed by atoms with van der Waals surface area (Å²) >= 11 is 0. The van der Waals surface area contributed by atoms with E-state index in [-0.39, 0.29) is 21.4 Å². The van der Waals surface area contributed by atoms with Crippen LogP contribution in [0.3, 0.4) is 0 Å². The van der Waals surface area contributed by atoms with Gasteiger partial charge < -0.3 is 10.8 Å². The summed E-state index contributed by atoms with van der Waals surface area (Å²) in [5.74, 6) is 0.501. The molecule has 0 fully saturated rings. The third-order valence-electron chi connectivity index (χ3n) is 7.72. The Labute approximate surface area is 270 Å². The van der Waals surface area contributed by atoms with E-state index >= 15 is 0 Å². The van der Waals surface area contributed by atoms with Crippen LogP contribution in [0.25, 0.3) is 0 Å². The molecule has 0 spiro atoms. The maximum Gasteiger partial charge on any atom is 0.269 e. The van der Waals surface area contributed by atoms with E-state index in [4.69, 9.17) is 10.8 Å². The van der Waals surface area contributed by atoms with Gasteiger partial charge in [0.05, 0.1) is 26.1 Å². The van der Waals surface area contributed by atoms with Crippen LogP contribution < -0.4 is 14.3 Å². The van der Waals surface area contributed by atoms with E-state index in [1.54, 1.807) is 30.3 Å². The number of nitro groups is 1. The molecule has 2 heterocycles. The number of nitro benzene ring substituents is 1. The number of anilines is 3. The maximum atomic E-state index is 12.9. The molecule has 0 saturated carbocycles. The molecule has 46 heavy (non-hydrogen) atoms. The summed E-state index contributed by atoms with van der Waals surface area (Å²) in [6, 6.07) is 26.5. The van der Waals surface area contributed by atoms with Crippen LogP contribution in [0.5, 0.6) is 0 Å². The van der Waals surface area contributed by atoms with Crippen molar-refractivity contribution in [2.45, 2.75) is 36.5 Å². The van der Waals surface area contributed by atoms with Gasteiger partial charge in [0, 0.05) is 38.0 Å². The number of para-hydroxylation sites is 2. The summed E-state index contributed by atoms with van der Waals surface area (Å²) in [5.41, 5.74) is 9.61. The van der Waals surface area contributed by atoms with Gasteiger partial charge in [-0.25, -0.2) is 16.8 Å². The quantitative estimate of drug-likeness (QED) is 0.166. The summed E-state index contributed by atoms with van der Waals surface area (Å²) in [7, 11) is -6.29. The van der Waals surface area contributed by atoms with Gasteiger partial charge in [-0.15, -0.1) is 0 Å². The van der Waals surface area contributed by atoms with Crippen molar-refractivity contribution in [3.05, 3.63) is 118 Å². The number of hydrogen-bond acceptors (Lipinski definition) is 8. The average Bonchev–Trinajstić information content (AvgIpc) is 3.05. The summed E-state index contributed by atoms with van der Waals surface area (Å²) < 4.78 is 54.6. The van der Waals surface area contributed by atoms with Gasteiger partial charge in [0.1, 0.15) is 0 Å². The molecular formula is C33H38N4O7S2. The van der Waals surface area contributed by atoms with Crippen LogP contribution in [-0.4, -0.2) is 47.1 Å². The summed E-state index contributed by atoms with van der Waals surface area (Å²) in [4.78, 5) is 10.5. The lowest BCUT2D eigenvalue weighted by atomic mass is 9.96. The fourth-order valence-electron chi connectivity index (χ4n) is 5.59. The summed E-state index contributed by atoms with van der Waals surface area (Å²) in [6.07, 6.45) is 1.74. The number of aliphatic hydroxyl groups is 1. The predicted molar refractivity (Wildman–Crippen MR) is 180 cm³/mol. The minimum Gasteiger partial charge on any atom is -0.400 e. The van der Waals surface area contributed by atoms with Crippen LogP contribution in [0.1, 0.15) is 25.0 Å². The molecule has 0 aromatic heterocycles. The Kier molecular flexibility index (Phi) is 10.7. The molecule has 2 unspecified atom stereocenters. The lowest BCUT2D eigenvalue weighted by Gasteiger charge is -2.33. The smallest absolute Gasteiger partial charge is 0.269 e. The number of aliphatic hydroxyl groups excluding tert-OH is 1. The minimum atomic E-state index is -3.74. The van der Waals surface area contributed by atoms with Crippen LogP contribution in [0.15, 0.2) is 107 Å². The zero-order valence-electron chi connectivity index (χ0n) is 25.9. The standard InChI is InChI=1S/C16H16N2O4S.C16H18N2O2S.CH4O/c1-12-10-13-4-2-3-5-16(13)17(11-12)23(21,22)15-8-6-14(7-9-15)18(19)20;1-12-10-13-4-2-3-5-16(13)18(11-12)21(19,20)15-8-6-14(17)7-9-15;1-2/h2-9,12H,10-11H2,1H3;2-9,12H,10-11,17H2,1H3;2H,1H3. The molecule has 0 bridgehead atoms. The van der Waals surface area contributed by atoms with Crippen LogP contribution in [0.2, 0.25) is 0 Å². The van der Waals surface area contributed by atoms with E-state index in [9.17, 15) is 26.9 Å². The highest BCUT2D eigenvalue weighted by molar-refractivity contribution is 7.93. The van der Waals surface area contributed by atoms with Gasteiger partial charge in [-0.1, -0.05) is 50.2 Å². The van der Waals surface area contributed by atoms with Gasteiger partial charge >= 0.3 is 0 Å². The van der Waals surface area contributed by atoms with Crippen molar-refractivity contribution < 1.29 is 26.9 Å². The van der Waals surface area contributed by atoms with E-state index in [0.29, 0.717) is 30.4 Å². The fourth-order valence-corrected chi connectivity index (χ4v) is 8.83. The zero-order valence-corrected chi connectivity index (χ0v) is 27.5. The number of rotatable bonds is 5. The average molecular weight is 667 g/mol. The number of fused-ring (bicyclic) bond motifs is 2. The number of non-ortho nitro benzene ring substituents is 1. The van der Waals surface area contributed by atoms with Crippen molar-refractivity contribution in [3.8, 4) is 0 Å². The van der Waals surface area contributed by atoms with Crippen molar-refractivity contribution in [2.24, 2.45) is 11.8 Å². The van der Waals surface area contributed by atoms with Crippen LogP contribution >= 0.6 is 0 Å². The topological polar surface area (TPSA) is 164 Å². The molecule has 11 nitrogen and oxygen atoms in total. The molecule has 0 amide bonds. The predicted octanol–water partition coefficient (Wildman–Crippen LogP) is 5.25. The van der Waals surface area contributed by atoms with Crippen molar-refractivity contribution >= 4 is 42.8 Å². The second-order valence-corrected chi connectivity index (χ2v) is 15.0. The van der Waals surface area contributed by atoms with Crippen molar-refractivity contribution in [3.63, 3.8) is 0 Å². The Morgan fingerprint density at radius 2 is 1.04 bits per heavy atom. The van der Waals surface area contributed by atoms with Crippen LogP contribution in [0.4, 0.5) is 22.7 Å². The number of sulfonamides is 2. The molecule has 0 aliphatic carbocycles. The Morgan fingerprint density at radius 3 is 1.43 bits per heavy atom. The lowest BCUT2D eigenvalue weighted by molar-refractivity contribution is -0.384. The number of benzene rings is 4. The lowest BCUT2D eigenvalue weighted by Crippen LogP contribution is -2.39. The Balaban J connectivity index is 0.000000199. The molecule has 244 valence electrons. The summed E-state index contributed by atoms with van der Waals surface area (Å²) in [6.45, 7) is 4.98. The summed E-state index contributed by atoms with van der Waals surface area (Å²) in [5, 5.41) is 17.7. The third kappa shape index (κ3) is 7.33. The van der Waals surface area contributed by atoms with Gasteiger partial charge in [0.25, 0.3) is 25.7 Å². The first-order valence-electron chi connectivity index (χ1n) is 14.6. The first kappa shape index (κ1) is 34.4. The normalized spacial score (nSPS) is 17.3. The molecule has 3 N–H and O–H groups in total. The highest BCUT2D eigenvalue weighted by Crippen LogP contribution is 2.35. The highest BCUT2D eigenvalue weighted by atomic mass is 32.2. The van der Waals surface area contributed by atoms with E-state index < -0.39 is 25.0 Å². The SMILES string of the molecule is CC1Cc2ccccc2N(S(=O)(=O)c2ccc(N)cc2)C1.CC1Cc2ccccc2N(S(=O)(=O)c2ccc([N+](=O)[O-])cc2)C1.CO. The van der Waals surface area contributed by atoms with Crippen LogP contribution in [0, 0.1) is 22.0 Å². The first-order chi connectivity index (χ1) is 21.9. The van der Waals surface area contributed by atoms with Gasteiger partial charge in [0.2, 0.25) is 0 Å². The Bertz CT molecular complexity index is 1880. The van der Waals surface area contributed by atoms with Gasteiger partial charge in [0.15, 0.2) is 0 Å². The molecule has 2 aliphatic rings. The molecule has 0 radical (unpaired) electrons. The Morgan fingerprint density at radius 1 is 0.674 bits per heavy atom. The zero-order chi connectivity index (χ0) is 33.6. The molecule has 0 saturated heterocycles. The molecule has 4 aromatic carbocycles. The molecule has 6 rings (SSSR count). The number of nitrogens with two attached hydrogens (primary N) is 1. The van der Waals surface area contributed by atoms with Gasteiger partial charge in [-0.05, 0) is 84.3 Å². The molecule has 13 heteroatoms. The van der Waals surface area contributed by atoms with Gasteiger partial charge in [-0.2, -0.15) is 0 Å². The fraction of sp³-hybridized carbons (Fsp3) is 0.273. The van der Waals surface area contributed by atoms with E-state index in [2.05, 4.69) is 6.92 Å². The van der Waals surface area contributed by atoms with Crippen molar-refractivity contribution in [1.82, 2.24) is 0 Å². The largest absolute Gasteiger partial charge is 0.400 e. The number of hydrogen-bond donors (Lipinski definition) is 2. The third-order valence-corrected chi connectivity index (χ3v) is 11.3. The van der Waals surface area contributed by atoms with E-state index in [0.717, 1.165) is 36.8 Å². The Hall–Kier alpha value is -4.46.